The number of nitrogens with zero attached hydrogens (tertiary/aromatic N) is 2. The van der Waals surface area contributed by atoms with E-state index in [2.05, 4.69) is 4.72 Å². The molecule has 4 rings (SSSR count). The second-order valence-corrected chi connectivity index (χ2v) is 8.94. The third kappa shape index (κ3) is 3.75. The van der Waals surface area contributed by atoms with Crippen molar-refractivity contribution in [2.75, 3.05) is 13.1 Å². The summed E-state index contributed by atoms with van der Waals surface area (Å²) >= 11 is 0. The summed E-state index contributed by atoms with van der Waals surface area (Å²) in [5.41, 5.74) is 0.698. The molecule has 3 aromatic rings. The van der Waals surface area contributed by atoms with Crippen LogP contribution in [0.4, 0.5) is 4.39 Å². The van der Waals surface area contributed by atoms with Gasteiger partial charge in [0.2, 0.25) is 10.0 Å². The fraction of sp³-hybridized carbons (Fsp3) is 0.300. The van der Waals surface area contributed by atoms with Gasteiger partial charge in [-0.15, -0.1) is 0 Å². The molecule has 2 aromatic carbocycles. The fourth-order valence-corrected chi connectivity index (χ4v) is 4.89. The Bertz CT molecular complexity index is 1270. The lowest BCUT2D eigenvalue weighted by Gasteiger charge is -2.32. The van der Waals surface area contributed by atoms with Crippen LogP contribution in [-0.4, -0.2) is 42.9 Å². The number of rotatable bonds is 4. The molecule has 10 heteroatoms. The molecule has 8 nitrogen and oxygen atoms in total. The minimum atomic E-state index is -3.84. The molecule has 0 radical (unpaired) electrons. The van der Waals surface area contributed by atoms with E-state index >= 15 is 0 Å². The summed E-state index contributed by atoms with van der Waals surface area (Å²) < 4.78 is 48.3. The number of aromatic nitrogens is 1. The summed E-state index contributed by atoms with van der Waals surface area (Å²) in [7, 11) is -2.30. The van der Waals surface area contributed by atoms with Gasteiger partial charge in [0.25, 0.3) is 5.91 Å². The van der Waals surface area contributed by atoms with Gasteiger partial charge in [0.05, 0.1) is 16.0 Å². The lowest BCUT2D eigenvalue weighted by molar-refractivity contribution is 0.0706. The second-order valence-electron chi connectivity index (χ2n) is 7.22. The summed E-state index contributed by atoms with van der Waals surface area (Å²) in [5.74, 6) is -1.55. The van der Waals surface area contributed by atoms with Crippen molar-refractivity contribution in [2.24, 2.45) is 7.05 Å². The van der Waals surface area contributed by atoms with Crippen LogP contribution in [0.15, 0.2) is 56.6 Å². The lowest BCUT2D eigenvalue weighted by atomic mass is 10.0. The van der Waals surface area contributed by atoms with Gasteiger partial charge in [-0.05, 0) is 37.1 Å². The predicted octanol–water partition coefficient (Wildman–Crippen LogP) is 1.85. The van der Waals surface area contributed by atoms with Crippen LogP contribution in [-0.2, 0) is 17.1 Å². The van der Waals surface area contributed by atoms with Crippen molar-refractivity contribution in [1.29, 1.82) is 0 Å². The molecule has 1 N–H and O–H groups in total. The summed E-state index contributed by atoms with van der Waals surface area (Å²) in [6.07, 6.45) is 0.810. The molecule has 1 fully saturated rings. The highest BCUT2D eigenvalue weighted by Crippen LogP contribution is 2.21. The van der Waals surface area contributed by atoms with Gasteiger partial charge in [0.15, 0.2) is 5.58 Å². The highest BCUT2D eigenvalue weighted by atomic mass is 32.2. The van der Waals surface area contributed by atoms with Crippen LogP contribution >= 0.6 is 0 Å². The Morgan fingerprint density at radius 1 is 1.17 bits per heavy atom. The van der Waals surface area contributed by atoms with E-state index in [9.17, 15) is 22.4 Å². The van der Waals surface area contributed by atoms with E-state index in [1.165, 1.54) is 52.9 Å². The SMILES string of the molecule is Cn1c(=O)oc2cc(S(=O)(=O)NC3CCN(C(=O)c4ccccc4F)CC3)ccc21. The summed E-state index contributed by atoms with van der Waals surface area (Å²) in [4.78, 5) is 25.6. The Hall–Kier alpha value is -2.98. The number of oxazole rings is 1. The minimum Gasteiger partial charge on any atom is -0.408 e. The zero-order valence-electron chi connectivity index (χ0n) is 16.2. The Morgan fingerprint density at radius 2 is 1.87 bits per heavy atom. The molecule has 0 atom stereocenters. The highest BCUT2D eigenvalue weighted by Gasteiger charge is 2.28. The van der Waals surface area contributed by atoms with E-state index in [-0.39, 0.29) is 22.1 Å². The summed E-state index contributed by atoms with van der Waals surface area (Å²) in [5, 5.41) is 0. The Labute approximate surface area is 172 Å². The number of carbonyl (C=O) groups is 1. The topological polar surface area (TPSA) is 102 Å². The molecule has 1 aliphatic heterocycles. The number of nitrogens with one attached hydrogen (secondary N) is 1. The Balaban J connectivity index is 1.44. The molecule has 1 amide bonds. The van der Waals surface area contributed by atoms with Crippen molar-refractivity contribution >= 4 is 27.0 Å². The van der Waals surface area contributed by atoms with Gasteiger partial charge in [0.1, 0.15) is 5.82 Å². The van der Waals surface area contributed by atoms with E-state index in [1.54, 1.807) is 6.07 Å². The number of hydrogen-bond donors (Lipinski definition) is 1. The van der Waals surface area contributed by atoms with Crippen LogP contribution in [0.3, 0.4) is 0 Å². The van der Waals surface area contributed by atoms with Crippen molar-refractivity contribution in [2.45, 2.75) is 23.8 Å². The van der Waals surface area contributed by atoms with Gasteiger partial charge in [0, 0.05) is 32.2 Å². The number of hydrogen-bond acceptors (Lipinski definition) is 5. The molecular weight excluding hydrogens is 413 g/mol. The average molecular weight is 433 g/mol. The number of amides is 1. The number of sulfonamides is 1. The highest BCUT2D eigenvalue weighted by molar-refractivity contribution is 7.89. The summed E-state index contributed by atoms with van der Waals surface area (Å²) in [6.45, 7) is 0.625. The first kappa shape index (κ1) is 20.3. The van der Waals surface area contributed by atoms with Crippen LogP contribution in [0.25, 0.3) is 11.1 Å². The van der Waals surface area contributed by atoms with Crippen molar-refractivity contribution in [3.63, 3.8) is 0 Å². The number of halogens is 1. The van der Waals surface area contributed by atoms with Crippen molar-refractivity contribution < 1.29 is 22.0 Å². The van der Waals surface area contributed by atoms with Gasteiger partial charge in [-0.2, -0.15) is 0 Å². The Kier molecular flexibility index (Phi) is 5.20. The maximum atomic E-state index is 13.9. The molecule has 1 aromatic heterocycles. The molecule has 158 valence electrons. The molecule has 0 spiro atoms. The van der Waals surface area contributed by atoms with Gasteiger partial charge in [-0.1, -0.05) is 12.1 Å². The average Bonchev–Trinajstić information content (AvgIpc) is 3.01. The minimum absolute atomic E-state index is 0.00536. The maximum Gasteiger partial charge on any atom is 0.419 e. The van der Waals surface area contributed by atoms with Crippen molar-refractivity contribution in [3.8, 4) is 0 Å². The first-order valence-electron chi connectivity index (χ1n) is 9.42. The molecule has 0 aliphatic carbocycles. The third-order valence-electron chi connectivity index (χ3n) is 5.28. The van der Waals surface area contributed by atoms with Gasteiger partial charge in [-0.25, -0.2) is 22.3 Å². The van der Waals surface area contributed by atoms with E-state index in [0.29, 0.717) is 31.4 Å². The fourth-order valence-electron chi connectivity index (χ4n) is 3.57. The largest absolute Gasteiger partial charge is 0.419 e. The Morgan fingerprint density at radius 3 is 2.57 bits per heavy atom. The van der Waals surface area contributed by atoms with E-state index in [1.807, 2.05) is 0 Å². The van der Waals surface area contributed by atoms with Crippen LogP contribution < -0.4 is 10.5 Å². The number of fused-ring (bicyclic) bond motifs is 1. The van der Waals surface area contributed by atoms with Crippen LogP contribution in [0.5, 0.6) is 0 Å². The van der Waals surface area contributed by atoms with Crippen LogP contribution in [0, 0.1) is 5.82 Å². The van der Waals surface area contributed by atoms with E-state index < -0.39 is 27.5 Å². The number of likely N-dealkylation sites (tertiary alicyclic amines) is 1. The monoisotopic (exact) mass is 433 g/mol. The smallest absolute Gasteiger partial charge is 0.408 e. The molecule has 1 aliphatic rings. The van der Waals surface area contributed by atoms with Crippen molar-refractivity contribution in [1.82, 2.24) is 14.2 Å². The summed E-state index contributed by atoms with van der Waals surface area (Å²) in [6, 6.07) is 9.67. The molecular formula is C20H20FN3O5S. The number of carbonyl (C=O) groups excluding carboxylic acids is 1. The molecule has 0 saturated carbocycles. The molecule has 2 heterocycles. The lowest BCUT2D eigenvalue weighted by Crippen LogP contribution is -2.46. The second kappa shape index (κ2) is 7.69. The number of piperidine rings is 1. The van der Waals surface area contributed by atoms with Gasteiger partial charge < -0.3 is 9.32 Å². The molecule has 1 saturated heterocycles. The third-order valence-corrected chi connectivity index (χ3v) is 6.80. The van der Waals surface area contributed by atoms with E-state index in [0.717, 1.165) is 0 Å². The maximum absolute atomic E-state index is 13.9. The van der Waals surface area contributed by atoms with Crippen LogP contribution in [0.2, 0.25) is 0 Å². The predicted molar refractivity (Wildman–Crippen MR) is 107 cm³/mol. The van der Waals surface area contributed by atoms with Gasteiger partial charge in [-0.3, -0.25) is 9.36 Å². The standard InChI is InChI=1S/C20H20FN3O5S/c1-23-17-7-6-14(12-18(17)29-20(23)26)30(27,28)22-13-8-10-24(11-9-13)19(25)15-4-2-3-5-16(15)21/h2-7,12-13,22H,8-11H2,1H3. The van der Waals surface area contributed by atoms with Crippen LogP contribution in [0.1, 0.15) is 23.2 Å². The van der Waals surface area contributed by atoms with E-state index in [4.69, 9.17) is 4.42 Å². The van der Waals surface area contributed by atoms with Crippen molar-refractivity contribution in [3.05, 3.63) is 64.4 Å². The number of aryl methyl sites for hydroxylation is 1. The quantitative estimate of drug-likeness (QED) is 0.677. The first-order valence-corrected chi connectivity index (χ1v) is 10.9. The molecule has 30 heavy (non-hydrogen) atoms. The first-order chi connectivity index (χ1) is 14.3. The molecule has 0 unspecified atom stereocenters. The number of benzene rings is 2. The van der Waals surface area contributed by atoms with Gasteiger partial charge >= 0.3 is 5.76 Å². The zero-order valence-corrected chi connectivity index (χ0v) is 17.0. The normalized spacial score (nSPS) is 15.6. The molecule has 0 bridgehead atoms. The zero-order chi connectivity index (χ0) is 21.5.